The van der Waals surface area contributed by atoms with Gasteiger partial charge in [-0.05, 0) is 54.8 Å². The number of rotatable bonds is 13. The molecule has 1 N–H and O–H groups in total. The molecule has 0 radical (unpaired) electrons. The SMILES string of the molecule is COc1ccc(CSCC(=O)N(Cc2cccc(OC)c2)C(Cc2ccccc2)C(=O)NC(C)C)cc1. The van der Waals surface area contributed by atoms with Crippen LogP contribution in [0.25, 0.3) is 0 Å². The van der Waals surface area contributed by atoms with Gasteiger partial charge in [0.15, 0.2) is 0 Å². The lowest BCUT2D eigenvalue weighted by molar-refractivity contribution is -0.139. The lowest BCUT2D eigenvalue weighted by Gasteiger charge is -2.32. The van der Waals surface area contributed by atoms with Gasteiger partial charge in [-0.15, -0.1) is 11.8 Å². The zero-order chi connectivity index (χ0) is 26.6. The topological polar surface area (TPSA) is 67.9 Å². The summed E-state index contributed by atoms with van der Waals surface area (Å²) < 4.78 is 10.6. The molecule has 0 fully saturated rings. The van der Waals surface area contributed by atoms with Crippen LogP contribution in [0.1, 0.15) is 30.5 Å². The standard InChI is InChI=1S/C30H36N2O4S/c1-22(2)31-30(34)28(18-23-9-6-5-7-10-23)32(19-25-11-8-12-27(17-25)36-4)29(33)21-37-20-24-13-15-26(35-3)16-14-24/h5-17,22,28H,18-21H2,1-4H3,(H,31,34). The van der Waals surface area contributed by atoms with E-state index in [1.165, 1.54) is 11.8 Å². The molecule has 2 amide bonds. The molecule has 0 heterocycles. The number of amides is 2. The van der Waals surface area contributed by atoms with Crippen LogP contribution in [0.15, 0.2) is 78.9 Å². The molecule has 1 atom stereocenters. The van der Waals surface area contributed by atoms with Gasteiger partial charge in [-0.2, -0.15) is 0 Å². The fourth-order valence-electron chi connectivity index (χ4n) is 3.96. The van der Waals surface area contributed by atoms with Gasteiger partial charge in [0, 0.05) is 24.8 Å². The Labute approximate surface area is 224 Å². The summed E-state index contributed by atoms with van der Waals surface area (Å²) in [6.45, 7) is 4.16. The van der Waals surface area contributed by atoms with Gasteiger partial charge >= 0.3 is 0 Å². The Morgan fingerprint density at radius 2 is 1.51 bits per heavy atom. The van der Waals surface area contributed by atoms with Crippen molar-refractivity contribution in [3.63, 3.8) is 0 Å². The Balaban J connectivity index is 1.84. The summed E-state index contributed by atoms with van der Waals surface area (Å²) in [6.07, 6.45) is 0.429. The summed E-state index contributed by atoms with van der Waals surface area (Å²) in [6, 6.07) is 24.6. The first-order chi connectivity index (χ1) is 17.9. The number of hydrogen-bond acceptors (Lipinski definition) is 5. The summed E-state index contributed by atoms with van der Waals surface area (Å²) >= 11 is 1.54. The second kappa shape index (κ2) is 14.3. The highest BCUT2D eigenvalue weighted by atomic mass is 32.2. The minimum absolute atomic E-state index is 0.0380. The predicted octanol–water partition coefficient (Wildman–Crippen LogP) is 5.10. The molecule has 196 valence electrons. The lowest BCUT2D eigenvalue weighted by Crippen LogP contribution is -2.52. The van der Waals surface area contributed by atoms with Gasteiger partial charge in [-0.25, -0.2) is 0 Å². The van der Waals surface area contributed by atoms with Crippen LogP contribution in [0.5, 0.6) is 11.5 Å². The Morgan fingerprint density at radius 1 is 0.838 bits per heavy atom. The Hall–Kier alpha value is -3.45. The van der Waals surface area contributed by atoms with Crippen molar-refractivity contribution in [1.82, 2.24) is 10.2 Å². The molecule has 7 heteroatoms. The van der Waals surface area contributed by atoms with E-state index in [4.69, 9.17) is 9.47 Å². The number of hydrogen-bond donors (Lipinski definition) is 1. The maximum Gasteiger partial charge on any atom is 0.243 e. The van der Waals surface area contributed by atoms with Gasteiger partial charge in [-0.1, -0.05) is 54.6 Å². The highest BCUT2D eigenvalue weighted by molar-refractivity contribution is 7.99. The van der Waals surface area contributed by atoms with Crippen LogP contribution in [0.4, 0.5) is 0 Å². The number of methoxy groups -OCH3 is 2. The Bertz CT molecular complexity index is 1140. The van der Waals surface area contributed by atoms with Gasteiger partial charge in [0.1, 0.15) is 17.5 Å². The number of nitrogens with one attached hydrogen (secondary N) is 1. The van der Waals surface area contributed by atoms with Crippen LogP contribution in [-0.2, 0) is 28.3 Å². The molecular weight excluding hydrogens is 484 g/mol. The highest BCUT2D eigenvalue weighted by Gasteiger charge is 2.30. The molecule has 0 aliphatic heterocycles. The molecule has 3 aromatic rings. The van der Waals surface area contributed by atoms with E-state index in [1.807, 2.05) is 92.7 Å². The molecular formula is C30H36N2O4S. The van der Waals surface area contributed by atoms with E-state index in [9.17, 15) is 9.59 Å². The second-order valence-electron chi connectivity index (χ2n) is 9.08. The highest BCUT2D eigenvalue weighted by Crippen LogP contribution is 2.21. The Kier molecular flexibility index (Phi) is 10.9. The molecule has 3 aromatic carbocycles. The zero-order valence-corrected chi connectivity index (χ0v) is 22.8. The fraction of sp³-hybridized carbons (Fsp3) is 0.333. The third kappa shape index (κ3) is 8.86. The van der Waals surface area contributed by atoms with Gasteiger partial charge in [0.25, 0.3) is 0 Å². The van der Waals surface area contributed by atoms with E-state index in [1.54, 1.807) is 19.1 Å². The van der Waals surface area contributed by atoms with Gasteiger partial charge in [-0.3, -0.25) is 9.59 Å². The van der Waals surface area contributed by atoms with Crippen LogP contribution >= 0.6 is 11.8 Å². The van der Waals surface area contributed by atoms with E-state index >= 15 is 0 Å². The van der Waals surface area contributed by atoms with Crippen molar-refractivity contribution in [1.29, 1.82) is 0 Å². The molecule has 0 aliphatic carbocycles. The monoisotopic (exact) mass is 520 g/mol. The van der Waals surface area contributed by atoms with Crippen molar-refractivity contribution in [3.05, 3.63) is 95.6 Å². The van der Waals surface area contributed by atoms with Gasteiger partial charge < -0.3 is 19.7 Å². The van der Waals surface area contributed by atoms with Crippen molar-refractivity contribution in [2.75, 3.05) is 20.0 Å². The molecule has 37 heavy (non-hydrogen) atoms. The molecule has 0 saturated heterocycles. The largest absolute Gasteiger partial charge is 0.497 e. The van der Waals surface area contributed by atoms with Crippen molar-refractivity contribution in [3.8, 4) is 11.5 Å². The number of nitrogens with zero attached hydrogens (tertiary/aromatic N) is 1. The summed E-state index contributed by atoms with van der Waals surface area (Å²) in [4.78, 5) is 28.8. The van der Waals surface area contributed by atoms with E-state index < -0.39 is 6.04 Å². The Morgan fingerprint density at radius 3 is 2.16 bits per heavy atom. The number of carbonyl (C=O) groups excluding carboxylic acids is 2. The third-order valence-electron chi connectivity index (χ3n) is 5.84. The molecule has 3 rings (SSSR count). The summed E-state index contributed by atoms with van der Waals surface area (Å²) in [5.41, 5.74) is 3.01. The van der Waals surface area contributed by atoms with Crippen molar-refractivity contribution in [2.45, 2.75) is 44.6 Å². The summed E-state index contributed by atoms with van der Waals surface area (Å²) in [7, 11) is 3.26. The van der Waals surface area contributed by atoms with Crippen LogP contribution in [0.3, 0.4) is 0 Å². The smallest absolute Gasteiger partial charge is 0.243 e. The van der Waals surface area contributed by atoms with Crippen molar-refractivity contribution >= 4 is 23.6 Å². The van der Waals surface area contributed by atoms with Crippen LogP contribution in [-0.4, -0.2) is 48.8 Å². The third-order valence-corrected chi connectivity index (χ3v) is 6.83. The summed E-state index contributed by atoms with van der Waals surface area (Å²) in [5, 5.41) is 3.02. The van der Waals surface area contributed by atoms with E-state index in [2.05, 4.69) is 5.32 Å². The maximum atomic E-state index is 13.7. The lowest BCUT2D eigenvalue weighted by atomic mass is 10.0. The number of carbonyl (C=O) groups is 2. The number of benzene rings is 3. The van der Waals surface area contributed by atoms with Crippen LogP contribution in [0, 0.1) is 0 Å². The molecule has 0 saturated carbocycles. The molecule has 0 aliphatic rings. The van der Waals surface area contributed by atoms with Crippen LogP contribution < -0.4 is 14.8 Å². The average Bonchev–Trinajstić information content (AvgIpc) is 2.91. The normalized spacial score (nSPS) is 11.6. The van der Waals surface area contributed by atoms with Gasteiger partial charge in [0.05, 0.1) is 20.0 Å². The summed E-state index contributed by atoms with van der Waals surface area (Å²) in [5.74, 6) is 2.22. The van der Waals surface area contributed by atoms with Crippen molar-refractivity contribution in [2.24, 2.45) is 0 Å². The first kappa shape index (κ1) is 28.1. The first-order valence-corrected chi connectivity index (χ1v) is 13.5. The van der Waals surface area contributed by atoms with Crippen molar-refractivity contribution < 1.29 is 19.1 Å². The first-order valence-electron chi connectivity index (χ1n) is 12.4. The number of thioether (sulfide) groups is 1. The minimum atomic E-state index is -0.648. The quantitative estimate of drug-likeness (QED) is 0.340. The van der Waals surface area contributed by atoms with E-state index in [0.717, 1.165) is 22.4 Å². The average molecular weight is 521 g/mol. The molecule has 1 unspecified atom stereocenters. The zero-order valence-electron chi connectivity index (χ0n) is 22.0. The minimum Gasteiger partial charge on any atom is -0.497 e. The van der Waals surface area contributed by atoms with Crippen LogP contribution in [0.2, 0.25) is 0 Å². The molecule has 0 bridgehead atoms. The number of ether oxygens (including phenoxy) is 2. The van der Waals surface area contributed by atoms with E-state index in [-0.39, 0.29) is 23.6 Å². The molecule has 6 nitrogen and oxygen atoms in total. The second-order valence-corrected chi connectivity index (χ2v) is 10.1. The predicted molar refractivity (Wildman–Crippen MR) is 150 cm³/mol. The fourth-order valence-corrected chi connectivity index (χ4v) is 4.83. The van der Waals surface area contributed by atoms with Gasteiger partial charge in [0.2, 0.25) is 11.8 Å². The maximum absolute atomic E-state index is 13.7. The van der Waals surface area contributed by atoms with E-state index in [0.29, 0.717) is 24.5 Å². The molecule has 0 aromatic heterocycles. The molecule has 0 spiro atoms.